The van der Waals surface area contributed by atoms with E-state index in [9.17, 15) is 8.42 Å². The van der Waals surface area contributed by atoms with Crippen molar-refractivity contribution in [1.29, 1.82) is 0 Å². The zero-order valence-electron chi connectivity index (χ0n) is 10.9. The Morgan fingerprint density at radius 1 is 1.25 bits per heavy atom. The van der Waals surface area contributed by atoms with E-state index in [1.807, 2.05) is 6.92 Å². The molecule has 3 rings (SSSR count). The molecule has 3 aromatic rings. The third-order valence-electron chi connectivity index (χ3n) is 3.26. The van der Waals surface area contributed by atoms with Gasteiger partial charge in [-0.05, 0) is 23.6 Å². The summed E-state index contributed by atoms with van der Waals surface area (Å²) in [6, 6.07) is 6.35. The smallest absolute Gasteiger partial charge is 0.265 e. The minimum atomic E-state index is -3.88. The molecule has 0 amide bonds. The highest BCUT2D eigenvalue weighted by Gasteiger charge is 2.20. The molecule has 7 heteroatoms. The fraction of sp³-hybridized carbons (Fsp3) is 0.308. The van der Waals surface area contributed by atoms with Gasteiger partial charge in [0, 0.05) is 18.0 Å². The molecule has 0 radical (unpaired) electrons. The second-order valence-electron chi connectivity index (χ2n) is 4.66. The Labute approximate surface area is 125 Å². The highest BCUT2D eigenvalue weighted by atomic mass is 32.2. The molecule has 0 aliphatic carbocycles. The van der Waals surface area contributed by atoms with Crippen LogP contribution in [-0.4, -0.2) is 18.7 Å². The van der Waals surface area contributed by atoms with Crippen molar-refractivity contribution < 1.29 is 17.5 Å². The summed E-state index contributed by atoms with van der Waals surface area (Å²) in [5.74, 6) is -0.198. The predicted octanol–water partition coefficient (Wildman–Crippen LogP) is 2.99. The first-order valence-electron chi connectivity index (χ1n) is 6.20. The molecule has 0 aliphatic rings. The Bertz CT molecular complexity index is 877. The number of benzene rings is 1. The van der Waals surface area contributed by atoms with Crippen molar-refractivity contribution in [3.8, 4) is 0 Å². The molecule has 0 bridgehead atoms. The first kappa shape index (κ1) is 13.9. The molecule has 0 aliphatic heterocycles. The molecule has 0 spiro atoms. The SMILES string of the molecule is Cc1sc2ccc3sccc3c2[n+]1CCCS(=O)(=O)O. The zero-order chi connectivity index (χ0) is 14.3. The summed E-state index contributed by atoms with van der Waals surface area (Å²) in [5.41, 5.74) is 1.17. The van der Waals surface area contributed by atoms with Gasteiger partial charge in [0.2, 0.25) is 10.5 Å². The van der Waals surface area contributed by atoms with Crippen LogP contribution in [-0.2, 0) is 16.7 Å². The van der Waals surface area contributed by atoms with Crippen LogP contribution in [0.15, 0.2) is 23.6 Å². The minimum absolute atomic E-state index is 0.198. The van der Waals surface area contributed by atoms with Gasteiger partial charge in [0.1, 0.15) is 4.70 Å². The quantitative estimate of drug-likeness (QED) is 0.592. The topological polar surface area (TPSA) is 58.2 Å². The maximum absolute atomic E-state index is 10.8. The highest BCUT2D eigenvalue weighted by Crippen LogP contribution is 2.30. The van der Waals surface area contributed by atoms with E-state index in [0.29, 0.717) is 13.0 Å². The first-order chi connectivity index (χ1) is 9.46. The molecule has 0 saturated heterocycles. The van der Waals surface area contributed by atoms with Gasteiger partial charge in [0.15, 0.2) is 6.54 Å². The first-order valence-corrected chi connectivity index (χ1v) is 9.50. The fourth-order valence-electron chi connectivity index (χ4n) is 2.42. The van der Waals surface area contributed by atoms with Crippen molar-refractivity contribution in [3.63, 3.8) is 0 Å². The van der Waals surface area contributed by atoms with Gasteiger partial charge < -0.3 is 0 Å². The number of thiophene rings is 1. The van der Waals surface area contributed by atoms with Crippen molar-refractivity contribution in [3.05, 3.63) is 28.6 Å². The van der Waals surface area contributed by atoms with Crippen molar-refractivity contribution in [2.24, 2.45) is 0 Å². The zero-order valence-corrected chi connectivity index (χ0v) is 13.3. The van der Waals surface area contributed by atoms with E-state index in [-0.39, 0.29) is 5.75 Å². The van der Waals surface area contributed by atoms with Gasteiger partial charge >= 0.3 is 0 Å². The summed E-state index contributed by atoms with van der Waals surface area (Å²) in [4.78, 5) is 0. The van der Waals surface area contributed by atoms with Gasteiger partial charge in [0.25, 0.3) is 10.1 Å². The largest absolute Gasteiger partial charge is 0.286 e. The fourth-order valence-corrected chi connectivity index (χ4v) is 4.76. The van der Waals surface area contributed by atoms with E-state index >= 15 is 0 Å². The van der Waals surface area contributed by atoms with Crippen molar-refractivity contribution >= 4 is 53.1 Å². The number of aromatic nitrogens is 1. The van der Waals surface area contributed by atoms with Crippen LogP contribution in [0, 0.1) is 6.92 Å². The number of nitrogens with zero attached hydrogens (tertiary/aromatic N) is 1. The minimum Gasteiger partial charge on any atom is -0.286 e. The van der Waals surface area contributed by atoms with Crippen LogP contribution in [0.5, 0.6) is 0 Å². The van der Waals surface area contributed by atoms with E-state index < -0.39 is 10.1 Å². The van der Waals surface area contributed by atoms with Crippen LogP contribution in [0.4, 0.5) is 0 Å². The molecule has 0 saturated carbocycles. The van der Waals surface area contributed by atoms with Crippen molar-refractivity contribution in [2.45, 2.75) is 19.9 Å². The lowest BCUT2D eigenvalue weighted by Gasteiger charge is -1.98. The van der Waals surface area contributed by atoms with Crippen LogP contribution in [0.3, 0.4) is 0 Å². The normalized spacial score (nSPS) is 12.5. The number of thiazole rings is 1. The maximum atomic E-state index is 10.8. The summed E-state index contributed by atoms with van der Waals surface area (Å²) in [5, 5.41) is 4.43. The Morgan fingerprint density at radius 2 is 2.00 bits per heavy atom. The third-order valence-corrected chi connectivity index (χ3v) is 6.01. The van der Waals surface area contributed by atoms with E-state index in [0.717, 1.165) is 5.01 Å². The van der Waals surface area contributed by atoms with Gasteiger partial charge in [0.05, 0.1) is 11.1 Å². The maximum Gasteiger partial charge on any atom is 0.265 e. The second-order valence-corrected chi connectivity index (χ2v) is 8.41. The summed E-state index contributed by atoms with van der Waals surface area (Å²) >= 11 is 3.41. The lowest BCUT2D eigenvalue weighted by Crippen LogP contribution is -2.36. The molecule has 2 aromatic heterocycles. The Morgan fingerprint density at radius 3 is 2.75 bits per heavy atom. The molecule has 0 atom stereocenters. The van der Waals surface area contributed by atoms with E-state index in [2.05, 4.69) is 28.1 Å². The molecular formula is C13H14NO3S3+. The Kier molecular flexibility index (Phi) is 3.53. The van der Waals surface area contributed by atoms with E-state index in [1.54, 1.807) is 22.7 Å². The summed E-state index contributed by atoms with van der Waals surface area (Å²) in [7, 11) is -3.88. The molecule has 1 aromatic carbocycles. The van der Waals surface area contributed by atoms with Gasteiger partial charge in [-0.2, -0.15) is 13.0 Å². The molecule has 2 heterocycles. The molecular weight excluding hydrogens is 314 g/mol. The molecule has 1 N–H and O–H groups in total. The van der Waals surface area contributed by atoms with E-state index in [4.69, 9.17) is 4.55 Å². The number of rotatable bonds is 4. The number of fused-ring (bicyclic) bond motifs is 3. The van der Waals surface area contributed by atoms with Gasteiger partial charge in [-0.3, -0.25) is 4.55 Å². The monoisotopic (exact) mass is 328 g/mol. The third kappa shape index (κ3) is 2.58. The lowest BCUT2D eigenvalue weighted by atomic mass is 10.2. The standard InChI is InChI=1S/C13H13NO3S3/c1-9-14(6-2-8-20(15,16)17)13-10-5-7-18-11(10)3-4-12(13)19-9/h3-5,7H,2,6,8H2,1H3/p+1. The number of aryl methyl sites for hydroxylation is 2. The molecule has 4 nitrogen and oxygen atoms in total. The summed E-state index contributed by atoms with van der Waals surface area (Å²) in [6.07, 6.45) is 0.413. The van der Waals surface area contributed by atoms with Crippen LogP contribution in [0.25, 0.3) is 20.3 Å². The summed E-state index contributed by atoms with van der Waals surface area (Å²) < 4.78 is 35.1. The van der Waals surface area contributed by atoms with Gasteiger partial charge in [-0.1, -0.05) is 11.3 Å². The van der Waals surface area contributed by atoms with Gasteiger partial charge in [-0.25, -0.2) is 0 Å². The summed E-state index contributed by atoms with van der Waals surface area (Å²) in [6.45, 7) is 2.64. The highest BCUT2D eigenvalue weighted by molar-refractivity contribution is 7.85. The van der Waals surface area contributed by atoms with E-state index in [1.165, 1.54) is 20.3 Å². The molecule has 0 fully saturated rings. The van der Waals surface area contributed by atoms with Crippen LogP contribution < -0.4 is 4.57 Å². The Hall–Kier alpha value is -1.02. The number of hydrogen-bond acceptors (Lipinski definition) is 4. The average Bonchev–Trinajstić information content (AvgIpc) is 2.92. The van der Waals surface area contributed by atoms with Crippen LogP contribution in [0.1, 0.15) is 11.4 Å². The lowest BCUT2D eigenvalue weighted by molar-refractivity contribution is -0.672. The predicted molar refractivity (Wildman–Crippen MR) is 83.2 cm³/mol. The van der Waals surface area contributed by atoms with Crippen molar-refractivity contribution in [1.82, 2.24) is 0 Å². The van der Waals surface area contributed by atoms with Gasteiger partial charge in [-0.15, -0.1) is 11.3 Å². The number of hydrogen-bond donors (Lipinski definition) is 1. The van der Waals surface area contributed by atoms with Crippen LogP contribution in [0.2, 0.25) is 0 Å². The van der Waals surface area contributed by atoms with Crippen LogP contribution >= 0.6 is 22.7 Å². The molecule has 0 unspecified atom stereocenters. The second kappa shape index (κ2) is 5.07. The average molecular weight is 328 g/mol. The Balaban J connectivity index is 2.05. The molecule has 20 heavy (non-hydrogen) atoms. The molecule has 106 valence electrons. The van der Waals surface area contributed by atoms with Crippen molar-refractivity contribution in [2.75, 3.05) is 5.75 Å².